The molecule has 128 valence electrons. The highest BCUT2D eigenvalue weighted by Gasteiger charge is 2.25. The van der Waals surface area contributed by atoms with Crippen molar-refractivity contribution in [3.05, 3.63) is 41.1 Å². The lowest BCUT2D eigenvalue weighted by atomic mass is 10.0. The number of nitriles is 1. The Bertz CT molecular complexity index is 826. The molecule has 1 aromatic heterocycles. The first-order chi connectivity index (χ1) is 12.2. The van der Waals surface area contributed by atoms with Gasteiger partial charge in [0.1, 0.15) is 0 Å². The summed E-state index contributed by atoms with van der Waals surface area (Å²) in [4.78, 5) is 18.4. The number of aromatic nitrogens is 2. The number of piperazine rings is 1. The van der Waals surface area contributed by atoms with E-state index in [2.05, 4.69) is 28.3 Å². The second kappa shape index (κ2) is 6.22. The number of aromatic amines is 1. The average Bonchev–Trinajstić information content (AvgIpc) is 3.22. The number of H-pyrrole nitrogens is 1. The zero-order valence-corrected chi connectivity index (χ0v) is 14.2. The van der Waals surface area contributed by atoms with Gasteiger partial charge in [0.25, 0.3) is 5.91 Å². The smallest absolute Gasteiger partial charge is 0.253 e. The van der Waals surface area contributed by atoms with E-state index in [4.69, 9.17) is 5.26 Å². The summed E-state index contributed by atoms with van der Waals surface area (Å²) < 4.78 is 0. The monoisotopic (exact) mass is 336 g/mol. The molecule has 2 aromatic rings. The van der Waals surface area contributed by atoms with Crippen LogP contribution < -0.4 is 0 Å². The van der Waals surface area contributed by atoms with Crippen molar-refractivity contribution in [1.82, 2.24) is 24.9 Å². The Morgan fingerprint density at radius 3 is 2.56 bits per heavy atom. The van der Waals surface area contributed by atoms with Crippen LogP contribution in [0.2, 0.25) is 0 Å². The lowest BCUT2D eigenvalue weighted by Gasteiger charge is -2.32. The molecule has 1 aromatic carbocycles. The topological polar surface area (TPSA) is 79.3 Å². The molecule has 0 atom stereocenters. The first-order valence-corrected chi connectivity index (χ1v) is 8.45. The Hall–Kier alpha value is -2.85. The van der Waals surface area contributed by atoms with Gasteiger partial charge in [-0.1, -0.05) is 12.1 Å². The molecule has 7 nitrogen and oxygen atoms in total. The molecule has 1 N–H and O–H groups in total. The first kappa shape index (κ1) is 15.7. The number of nitrogens with one attached hydrogen (secondary N) is 1. The molecule has 0 saturated carbocycles. The molecule has 0 bridgehead atoms. The van der Waals surface area contributed by atoms with Crippen LogP contribution in [0.5, 0.6) is 0 Å². The summed E-state index contributed by atoms with van der Waals surface area (Å²) in [5.41, 5.74) is 4.60. The summed E-state index contributed by atoms with van der Waals surface area (Å²) in [5.74, 6) is 0.0857. The molecule has 1 saturated heterocycles. The molecule has 2 aliphatic heterocycles. The molecule has 3 heterocycles. The first-order valence-electron chi connectivity index (χ1n) is 8.45. The summed E-state index contributed by atoms with van der Waals surface area (Å²) in [5, 5.41) is 16.5. The number of carbonyl (C=O) groups excluding carboxylic acids is 1. The molecule has 1 amide bonds. The Morgan fingerprint density at radius 1 is 1.16 bits per heavy atom. The van der Waals surface area contributed by atoms with Gasteiger partial charge in [-0.2, -0.15) is 10.4 Å². The molecular formula is C18H20N6O. The fourth-order valence-electron chi connectivity index (χ4n) is 3.41. The normalized spacial score (nSPS) is 17.4. The van der Waals surface area contributed by atoms with Gasteiger partial charge in [0.15, 0.2) is 6.19 Å². The van der Waals surface area contributed by atoms with Gasteiger partial charge in [-0.3, -0.25) is 9.89 Å². The van der Waals surface area contributed by atoms with Gasteiger partial charge >= 0.3 is 0 Å². The van der Waals surface area contributed by atoms with Gasteiger partial charge < -0.3 is 14.7 Å². The molecule has 7 heteroatoms. The van der Waals surface area contributed by atoms with Crippen molar-refractivity contribution >= 4 is 5.91 Å². The largest absolute Gasteiger partial charge is 0.336 e. The Morgan fingerprint density at radius 2 is 1.88 bits per heavy atom. The number of benzene rings is 1. The molecule has 4 rings (SSSR count). The van der Waals surface area contributed by atoms with Crippen molar-refractivity contribution in [3.8, 4) is 17.5 Å². The number of amides is 1. The van der Waals surface area contributed by atoms with Gasteiger partial charge in [0.05, 0.1) is 24.5 Å². The van der Waals surface area contributed by atoms with Crippen LogP contribution in [0.3, 0.4) is 0 Å². The summed E-state index contributed by atoms with van der Waals surface area (Å²) in [7, 11) is 2.08. The summed E-state index contributed by atoms with van der Waals surface area (Å²) in [6.45, 7) is 4.54. The quantitative estimate of drug-likeness (QED) is 0.835. The number of hydrogen-bond acceptors (Lipinski definition) is 5. The van der Waals surface area contributed by atoms with E-state index in [1.165, 1.54) is 0 Å². The summed E-state index contributed by atoms with van der Waals surface area (Å²) in [6, 6.07) is 7.62. The Balaban J connectivity index is 1.52. The highest BCUT2D eigenvalue weighted by Crippen LogP contribution is 2.30. The standard InChI is InChI=1S/C18H20N6O/c1-22-6-8-24(9-7-22)18(25)14-4-2-13(3-5-14)17-15-10-23(12-19)11-16(15)20-21-17/h2-5H,6-11H2,1H3,(H,20,21). The van der Waals surface area contributed by atoms with Crippen molar-refractivity contribution in [2.75, 3.05) is 33.2 Å². The predicted molar refractivity (Wildman–Crippen MR) is 92.3 cm³/mol. The zero-order chi connectivity index (χ0) is 17.4. The summed E-state index contributed by atoms with van der Waals surface area (Å²) in [6.07, 6.45) is 2.17. The maximum atomic E-state index is 12.6. The van der Waals surface area contributed by atoms with Crippen molar-refractivity contribution in [3.63, 3.8) is 0 Å². The van der Waals surface area contributed by atoms with Crippen LogP contribution in [0.15, 0.2) is 24.3 Å². The van der Waals surface area contributed by atoms with Crippen molar-refractivity contribution in [2.24, 2.45) is 0 Å². The third-order valence-corrected chi connectivity index (χ3v) is 4.99. The molecule has 0 radical (unpaired) electrons. The second-order valence-corrected chi connectivity index (χ2v) is 6.66. The summed E-state index contributed by atoms with van der Waals surface area (Å²) >= 11 is 0. The fourth-order valence-corrected chi connectivity index (χ4v) is 3.41. The van der Waals surface area contributed by atoms with Crippen LogP contribution >= 0.6 is 0 Å². The molecule has 25 heavy (non-hydrogen) atoms. The number of hydrogen-bond donors (Lipinski definition) is 1. The molecule has 0 unspecified atom stereocenters. The van der Waals surface area contributed by atoms with Crippen LogP contribution in [0.4, 0.5) is 0 Å². The maximum absolute atomic E-state index is 12.6. The third kappa shape index (κ3) is 2.85. The van der Waals surface area contributed by atoms with E-state index in [1.54, 1.807) is 4.90 Å². The minimum absolute atomic E-state index is 0.0857. The van der Waals surface area contributed by atoms with Gasteiger partial charge in [-0.05, 0) is 19.2 Å². The van der Waals surface area contributed by atoms with Gasteiger partial charge in [-0.15, -0.1) is 0 Å². The van der Waals surface area contributed by atoms with Crippen LogP contribution in [0.25, 0.3) is 11.3 Å². The van der Waals surface area contributed by atoms with E-state index in [0.29, 0.717) is 18.7 Å². The van der Waals surface area contributed by atoms with E-state index in [1.807, 2.05) is 29.2 Å². The maximum Gasteiger partial charge on any atom is 0.253 e. The van der Waals surface area contributed by atoms with E-state index in [9.17, 15) is 4.79 Å². The highest BCUT2D eigenvalue weighted by atomic mass is 16.2. The minimum atomic E-state index is 0.0857. The molecule has 1 fully saturated rings. The lowest BCUT2D eigenvalue weighted by Crippen LogP contribution is -2.47. The molecule has 0 spiro atoms. The van der Waals surface area contributed by atoms with Gasteiger partial charge in [0.2, 0.25) is 0 Å². The van der Waals surface area contributed by atoms with Crippen LogP contribution in [-0.2, 0) is 13.1 Å². The number of nitrogens with zero attached hydrogens (tertiary/aromatic N) is 5. The number of fused-ring (bicyclic) bond motifs is 1. The van der Waals surface area contributed by atoms with E-state index < -0.39 is 0 Å². The van der Waals surface area contributed by atoms with Gasteiger partial charge in [-0.25, -0.2) is 0 Å². The number of rotatable bonds is 2. The molecule has 0 aliphatic carbocycles. The Labute approximate surface area is 146 Å². The van der Waals surface area contributed by atoms with Crippen molar-refractivity contribution < 1.29 is 4.79 Å². The molecule has 2 aliphatic rings. The minimum Gasteiger partial charge on any atom is -0.336 e. The van der Waals surface area contributed by atoms with Crippen molar-refractivity contribution in [1.29, 1.82) is 5.26 Å². The average molecular weight is 336 g/mol. The Kier molecular flexibility index (Phi) is 3.90. The second-order valence-electron chi connectivity index (χ2n) is 6.66. The van der Waals surface area contributed by atoms with Crippen LogP contribution in [0, 0.1) is 11.5 Å². The third-order valence-electron chi connectivity index (χ3n) is 4.99. The van der Waals surface area contributed by atoms with Gasteiger partial charge in [0, 0.05) is 42.9 Å². The predicted octanol–water partition coefficient (Wildman–Crippen LogP) is 1.26. The number of likely N-dealkylation sites (N-methyl/N-ethyl adjacent to an activating group) is 1. The van der Waals surface area contributed by atoms with E-state index in [0.717, 1.165) is 48.7 Å². The van der Waals surface area contributed by atoms with Crippen LogP contribution in [0.1, 0.15) is 21.6 Å². The SMILES string of the molecule is CN1CCN(C(=O)c2ccc(-c3n[nH]c4c3CN(C#N)C4)cc2)CC1. The number of carbonyl (C=O) groups is 1. The van der Waals surface area contributed by atoms with E-state index >= 15 is 0 Å². The zero-order valence-electron chi connectivity index (χ0n) is 14.2. The molecular weight excluding hydrogens is 316 g/mol. The highest BCUT2D eigenvalue weighted by molar-refractivity contribution is 5.94. The van der Waals surface area contributed by atoms with E-state index in [-0.39, 0.29) is 5.91 Å². The fraction of sp³-hybridized carbons (Fsp3) is 0.389. The lowest BCUT2D eigenvalue weighted by molar-refractivity contribution is 0.0664. The van der Waals surface area contributed by atoms with Crippen LogP contribution in [-0.4, -0.2) is 64.0 Å². The van der Waals surface area contributed by atoms with Crippen molar-refractivity contribution in [2.45, 2.75) is 13.1 Å².